The second kappa shape index (κ2) is 4.37. The van der Waals surface area contributed by atoms with E-state index in [0.29, 0.717) is 5.82 Å². The lowest BCUT2D eigenvalue weighted by Gasteiger charge is -2.07. The van der Waals surface area contributed by atoms with E-state index in [1.165, 1.54) is 0 Å². The van der Waals surface area contributed by atoms with Crippen molar-refractivity contribution in [3.63, 3.8) is 0 Å². The molecular formula is C12H13N3O2. The molecular weight excluding hydrogens is 218 g/mol. The molecule has 0 aliphatic carbocycles. The molecule has 0 radical (unpaired) electrons. The van der Waals surface area contributed by atoms with Gasteiger partial charge in [0.25, 0.3) is 0 Å². The number of hydrogen-bond acceptors (Lipinski definition) is 3. The molecule has 2 rings (SSSR count). The van der Waals surface area contributed by atoms with Gasteiger partial charge in [0.2, 0.25) is 0 Å². The van der Waals surface area contributed by atoms with E-state index >= 15 is 0 Å². The number of carbonyl (C=O) groups is 1. The molecule has 5 heteroatoms. The van der Waals surface area contributed by atoms with E-state index in [2.05, 4.69) is 9.97 Å². The minimum Gasteiger partial charge on any atom is -0.478 e. The third kappa shape index (κ3) is 2.04. The number of aromatic nitrogens is 3. The molecule has 0 atom stereocenters. The molecule has 88 valence electrons. The summed E-state index contributed by atoms with van der Waals surface area (Å²) >= 11 is 0. The van der Waals surface area contributed by atoms with Crippen LogP contribution < -0.4 is 0 Å². The molecule has 0 spiro atoms. The highest BCUT2D eigenvalue weighted by molar-refractivity contribution is 5.91. The van der Waals surface area contributed by atoms with Crippen LogP contribution in [0.15, 0.2) is 24.5 Å². The third-order valence-corrected chi connectivity index (χ3v) is 2.46. The summed E-state index contributed by atoms with van der Waals surface area (Å²) in [6.07, 6.45) is 4.10. The van der Waals surface area contributed by atoms with Crippen molar-refractivity contribution in [3.8, 4) is 5.82 Å². The first-order valence-electron chi connectivity index (χ1n) is 5.37. The van der Waals surface area contributed by atoms with Gasteiger partial charge in [0, 0.05) is 18.8 Å². The monoisotopic (exact) mass is 231 g/mol. The van der Waals surface area contributed by atoms with Crippen molar-refractivity contribution in [1.29, 1.82) is 0 Å². The molecule has 5 nitrogen and oxygen atoms in total. The smallest absolute Gasteiger partial charge is 0.339 e. The average Bonchev–Trinajstić information content (AvgIpc) is 2.70. The third-order valence-electron chi connectivity index (χ3n) is 2.46. The molecule has 2 aromatic rings. The minimum absolute atomic E-state index is 0.180. The number of aryl methyl sites for hydroxylation is 2. The summed E-state index contributed by atoms with van der Waals surface area (Å²) in [5, 5.41) is 9.12. The van der Waals surface area contributed by atoms with Crippen molar-refractivity contribution >= 4 is 5.97 Å². The highest BCUT2D eigenvalue weighted by Crippen LogP contribution is 2.15. The van der Waals surface area contributed by atoms with Gasteiger partial charge in [0.05, 0.1) is 5.69 Å². The van der Waals surface area contributed by atoms with E-state index in [1.54, 1.807) is 29.1 Å². The van der Waals surface area contributed by atoms with E-state index in [4.69, 9.17) is 5.11 Å². The first kappa shape index (κ1) is 11.3. The molecule has 17 heavy (non-hydrogen) atoms. The van der Waals surface area contributed by atoms with Gasteiger partial charge >= 0.3 is 5.97 Å². The Balaban J connectivity index is 2.63. The lowest BCUT2D eigenvalue weighted by atomic mass is 10.2. The van der Waals surface area contributed by atoms with E-state index in [9.17, 15) is 4.79 Å². The van der Waals surface area contributed by atoms with Crippen LogP contribution >= 0.6 is 0 Å². The van der Waals surface area contributed by atoms with Crippen molar-refractivity contribution in [2.45, 2.75) is 20.3 Å². The molecule has 0 aliphatic rings. The highest BCUT2D eigenvalue weighted by atomic mass is 16.4. The number of nitrogens with zero attached hydrogens (tertiary/aromatic N) is 3. The van der Waals surface area contributed by atoms with Crippen molar-refractivity contribution in [3.05, 3.63) is 41.6 Å². The number of carboxylic acid groups (broad SMARTS) is 1. The summed E-state index contributed by atoms with van der Waals surface area (Å²) in [7, 11) is 0. The Labute approximate surface area is 98.8 Å². The predicted octanol–water partition coefficient (Wildman–Crippen LogP) is 1.84. The number of rotatable bonds is 3. The van der Waals surface area contributed by atoms with Crippen LogP contribution in [0.4, 0.5) is 0 Å². The predicted molar refractivity (Wildman–Crippen MR) is 62.4 cm³/mol. The Hall–Kier alpha value is -2.17. The zero-order valence-corrected chi connectivity index (χ0v) is 9.71. The Morgan fingerprint density at radius 2 is 2.29 bits per heavy atom. The first-order chi connectivity index (χ1) is 8.13. The summed E-state index contributed by atoms with van der Waals surface area (Å²) in [6, 6.07) is 3.15. The van der Waals surface area contributed by atoms with Gasteiger partial charge < -0.3 is 5.11 Å². The van der Waals surface area contributed by atoms with Crippen molar-refractivity contribution < 1.29 is 9.90 Å². The largest absolute Gasteiger partial charge is 0.478 e. The van der Waals surface area contributed by atoms with Crippen LogP contribution in [0.2, 0.25) is 0 Å². The molecule has 2 aromatic heterocycles. The van der Waals surface area contributed by atoms with Gasteiger partial charge in [-0.1, -0.05) is 6.92 Å². The summed E-state index contributed by atoms with van der Waals surface area (Å²) in [4.78, 5) is 19.6. The molecule has 0 aliphatic heterocycles. The van der Waals surface area contributed by atoms with Crippen LogP contribution in [0.3, 0.4) is 0 Å². The lowest BCUT2D eigenvalue weighted by Crippen LogP contribution is -2.09. The van der Waals surface area contributed by atoms with E-state index in [1.807, 2.05) is 13.8 Å². The number of imidazole rings is 1. The maximum absolute atomic E-state index is 11.1. The van der Waals surface area contributed by atoms with Crippen LogP contribution in [-0.4, -0.2) is 25.6 Å². The fraction of sp³-hybridized carbons (Fsp3) is 0.250. The van der Waals surface area contributed by atoms with Crippen LogP contribution in [0.5, 0.6) is 0 Å². The van der Waals surface area contributed by atoms with Gasteiger partial charge in [-0.25, -0.2) is 14.8 Å². The first-order valence-corrected chi connectivity index (χ1v) is 5.37. The molecule has 0 saturated carbocycles. The molecule has 1 N–H and O–H groups in total. The molecule has 0 aromatic carbocycles. The number of hydrogen-bond donors (Lipinski definition) is 1. The van der Waals surface area contributed by atoms with Crippen LogP contribution in [0.1, 0.15) is 28.8 Å². The van der Waals surface area contributed by atoms with E-state index in [-0.39, 0.29) is 5.56 Å². The fourth-order valence-corrected chi connectivity index (χ4v) is 1.74. The zero-order chi connectivity index (χ0) is 12.4. The van der Waals surface area contributed by atoms with Gasteiger partial charge in [-0.15, -0.1) is 0 Å². The zero-order valence-electron chi connectivity index (χ0n) is 9.71. The summed E-state index contributed by atoms with van der Waals surface area (Å²) < 4.78 is 1.73. The Morgan fingerprint density at radius 1 is 1.53 bits per heavy atom. The van der Waals surface area contributed by atoms with Gasteiger partial charge in [0.15, 0.2) is 5.82 Å². The Kier molecular flexibility index (Phi) is 2.91. The summed E-state index contributed by atoms with van der Waals surface area (Å²) in [5.74, 6) is 0.239. The number of aromatic carboxylic acids is 1. The molecule has 0 amide bonds. The molecule has 0 bridgehead atoms. The molecule has 0 saturated heterocycles. The van der Waals surface area contributed by atoms with Crippen LogP contribution in [-0.2, 0) is 6.42 Å². The fourth-order valence-electron chi connectivity index (χ4n) is 1.74. The SMILES string of the molecule is CCc1nc(C)cn1-c1ncccc1C(=O)O. The average molecular weight is 231 g/mol. The molecule has 0 unspecified atom stereocenters. The molecule has 0 fully saturated rings. The maximum Gasteiger partial charge on any atom is 0.339 e. The van der Waals surface area contributed by atoms with Gasteiger partial charge in [-0.05, 0) is 19.1 Å². The van der Waals surface area contributed by atoms with Gasteiger partial charge in [-0.2, -0.15) is 0 Å². The normalized spacial score (nSPS) is 10.5. The van der Waals surface area contributed by atoms with Crippen molar-refractivity contribution in [2.75, 3.05) is 0 Å². The summed E-state index contributed by atoms with van der Waals surface area (Å²) in [5.41, 5.74) is 1.03. The topological polar surface area (TPSA) is 68.0 Å². The standard InChI is InChI=1S/C12H13N3O2/c1-3-10-14-8(2)7-15(10)11-9(12(16)17)5-4-6-13-11/h4-7H,3H2,1-2H3,(H,16,17). The maximum atomic E-state index is 11.1. The minimum atomic E-state index is -0.985. The van der Waals surface area contributed by atoms with Crippen LogP contribution in [0, 0.1) is 6.92 Å². The quantitative estimate of drug-likeness (QED) is 0.875. The Morgan fingerprint density at radius 3 is 2.94 bits per heavy atom. The second-order valence-corrected chi connectivity index (χ2v) is 3.70. The van der Waals surface area contributed by atoms with Crippen LogP contribution in [0.25, 0.3) is 5.82 Å². The van der Waals surface area contributed by atoms with Gasteiger partial charge in [0.1, 0.15) is 11.4 Å². The van der Waals surface area contributed by atoms with Crippen molar-refractivity contribution in [2.24, 2.45) is 0 Å². The Bertz CT molecular complexity index is 561. The van der Waals surface area contributed by atoms with E-state index < -0.39 is 5.97 Å². The summed E-state index contributed by atoms with van der Waals surface area (Å²) in [6.45, 7) is 3.85. The lowest BCUT2D eigenvalue weighted by molar-refractivity contribution is 0.0696. The number of pyridine rings is 1. The van der Waals surface area contributed by atoms with E-state index in [0.717, 1.165) is 17.9 Å². The highest BCUT2D eigenvalue weighted by Gasteiger charge is 2.15. The number of carboxylic acids is 1. The van der Waals surface area contributed by atoms with Crippen molar-refractivity contribution in [1.82, 2.24) is 14.5 Å². The second-order valence-electron chi connectivity index (χ2n) is 3.70. The molecule has 2 heterocycles. The van der Waals surface area contributed by atoms with Gasteiger partial charge in [-0.3, -0.25) is 4.57 Å².